The van der Waals surface area contributed by atoms with Crippen LogP contribution in [0.4, 0.5) is 4.39 Å². The lowest BCUT2D eigenvalue weighted by molar-refractivity contribution is 0.0921. The van der Waals surface area contributed by atoms with Gasteiger partial charge in [0.1, 0.15) is 5.82 Å². The fourth-order valence-electron chi connectivity index (χ4n) is 1.65. The van der Waals surface area contributed by atoms with E-state index < -0.39 is 21.0 Å². The number of amides is 1. The molecule has 1 heterocycles. The molecule has 1 aromatic carbocycles. The van der Waals surface area contributed by atoms with E-state index in [4.69, 9.17) is 9.56 Å². The summed E-state index contributed by atoms with van der Waals surface area (Å²) in [4.78, 5) is 11.7. The topological polar surface area (TPSA) is 102 Å². The van der Waals surface area contributed by atoms with Crippen LogP contribution in [0, 0.1) is 5.82 Å². The molecule has 2 aromatic rings. The largest absolute Gasteiger partial charge is 0.438 e. The first-order chi connectivity index (χ1) is 9.86. The number of sulfonamides is 1. The van der Waals surface area contributed by atoms with Crippen molar-refractivity contribution in [2.45, 2.75) is 11.5 Å². The zero-order valence-corrected chi connectivity index (χ0v) is 11.7. The van der Waals surface area contributed by atoms with Crippen LogP contribution < -0.4 is 10.5 Å². The molecule has 0 aliphatic carbocycles. The maximum Gasteiger partial charge on any atom is 0.287 e. The van der Waals surface area contributed by atoms with Gasteiger partial charge in [-0.05, 0) is 36.2 Å². The fraction of sp³-hybridized carbons (Fsp3) is 0.154. The first kappa shape index (κ1) is 15.2. The summed E-state index contributed by atoms with van der Waals surface area (Å²) in [5, 5.41) is 6.97. The minimum atomic E-state index is -3.97. The zero-order chi connectivity index (χ0) is 15.5. The van der Waals surface area contributed by atoms with Gasteiger partial charge >= 0.3 is 0 Å². The second-order valence-corrected chi connectivity index (χ2v) is 5.79. The molecule has 1 aromatic heterocycles. The van der Waals surface area contributed by atoms with E-state index in [0.29, 0.717) is 13.0 Å². The molecule has 3 N–H and O–H groups in total. The van der Waals surface area contributed by atoms with Gasteiger partial charge in [-0.1, -0.05) is 12.1 Å². The normalized spacial score (nSPS) is 11.3. The van der Waals surface area contributed by atoms with Crippen molar-refractivity contribution in [3.63, 3.8) is 0 Å². The molecule has 0 saturated carbocycles. The molecule has 0 aliphatic heterocycles. The molecule has 6 nitrogen and oxygen atoms in total. The number of hydrogen-bond acceptors (Lipinski definition) is 4. The number of benzene rings is 1. The lowest BCUT2D eigenvalue weighted by Gasteiger charge is -2.03. The van der Waals surface area contributed by atoms with Gasteiger partial charge in [0.15, 0.2) is 5.76 Å². The third kappa shape index (κ3) is 4.14. The molecular formula is C13H13FN2O4S. The van der Waals surface area contributed by atoms with Gasteiger partial charge < -0.3 is 9.73 Å². The Morgan fingerprint density at radius 3 is 2.43 bits per heavy atom. The number of halogens is 1. The van der Waals surface area contributed by atoms with Gasteiger partial charge in [0, 0.05) is 6.54 Å². The van der Waals surface area contributed by atoms with Crippen molar-refractivity contribution in [3.8, 4) is 0 Å². The Kier molecular flexibility index (Phi) is 4.39. The predicted octanol–water partition coefficient (Wildman–Crippen LogP) is 1.04. The molecule has 2 rings (SSSR count). The Morgan fingerprint density at radius 1 is 1.19 bits per heavy atom. The molecule has 8 heteroatoms. The molecule has 1 amide bonds. The van der Waals surface area contributed by atoms with E-state index in [9.17, 15) is 17.6 Å². The van der Waals surface area contributed by atoms with E-state index in [0.717, 1.165) is 11.6 Å². The van der Waals surface area contributed by atoms with Crippen LogP contribution in [-0.4, -0.2) is 20.9 Å². The third-order valence-electron chi connectivity index (χ3n) is 2.70. The van der Waals surface area contributed by atoms with Crippen molar-refractivity contribution >= 4 is 15.9 Å². The maximum atomic E-state index is 12.7. The van der Waals surface area contributed by atoms with Gasteiger partial charge in [0.05, 0.1) is 0 Å². The van der Waals surface area contributed by atoms with Gasteiger partial charge in [0.2, 0.25) is 5.09 Å². The van der Waals surface area contributed by atoms with E-state index in [-0.39, 0.29) is 11.6 Å². The minimum absolute atomic E-state index is 0.141. The van der Waals surface area contributed by atoms with Crippen molar-refractivity contribution in [1.82, 2.24) is 5.32 Å². The van der Waals surface area contributed by atoms with Crippen LogP contribution in [-0.2, 0) is 16.4 Å². The van der Waals surface area contributed by atoms with Crippen LogP contribution in [0.2, 0.25) is 0 Å². The number of carbonyl (C=O) groups excluding carboxylic acids is 1. The van der Waals surface area contributed by atoms with E-state index in [1.807, 2.05) is 0 Å². The molecule has 0 fully saturated rings. The van der Waals surface area contributed by atoms with Gasteiger partial charge in [0.25, 0.3) is 15.9 Å². The summed E-state index contributed by atoms with van der Waals surface area (Å²) in [6.07, 6.45) is 0.509. The number of nitrogens with two attached hydrogens (primary N) is 1. The molecule has 0 unspecified atom stereocenters. The molecule has 0 spiro atoms. The van der Waals surface area contributed by atoms with Crippen molar-refractivity contribution < 1.29 is 22.0 Å². The number of primary sulfonamides is 1. The van der Waals surface area contributed by atoms with Crippen LogP contribution in [0.15, 0.2) is 45.9 Å². The van der Waals surface area contributed by atoms with Crippen LogP contribution >= 0.6 is 0 Å². The number of furan rings is 1. The summed E-state index contributed by atoms with van der Waals surface area (Å²) in [5.41, 5.74) is 0.862. The highest BCUT2D eigenvalue weighted by Gasteiger charge is 2.17. The highest BCUT2D eigenvalue weighted by atomic mass is 32.2. The molecule has 0 atom stereocenters. The van der Waals surface area contributed by atoms with E-state index >= 15 is 0 Å². The Hall–Kier alpha value is -2.19. The Labute approximate surface area is 120 Å². The average molecular weight is 312 g/mol. The highest BCUT2D eigenvalue weighted by Crippen LogP contribution is 2.12. The Balaban J connectivity index is 1.90. The standard InChI is InChI=1S/C13H13FN2O4S/c14-10-3-1-9(2-4-10)7-8-16-13(17)11-5-6-12(20-11)21(15,18)19/h1-6H,7-8H2,(H,16,17)(H2,15,18,19). The number of hydrogen-bond donors (Lipinski definition) is 2. The number of rotatable bonds is 5. The van der Waals surface area contributed by atoms with E-state index in [2.05, 4.69) is 5.32 Å². The van der Waals surface area contributed by atoms with Crippen molar-refractivity contribution in [1.29, 1.82) is 0 Å². The highest BCUT2D eigenvalue weighted by molar-refractivity contribution is 7.89. The Morgan fingerprint density at radius 2 is 1.86 bits per heavy atom. The van der Waals surface area contributed by atoms with Crippen molar-refractivity contribution in [3.05, 3.63) is 53.5 Å². The molecule has 0 saturated heterocycles. The smallest absolute Gasteiger partial charge is 0.287 e. The first-order valence-corrected chi connectivity index (χ1v) is 7.56. The molecule has 0 radical (unpaired) electrons. The molecule has 0 aliphatic rings. The van der Waals surface area contributed by atoms with E-state index in [1.165, 1.54) is 18.2 Å². The van der Waals surface area contributed by atoms with Crippen molar-refractivity contribution in [2.75, 3.05) is 6.54 Å². The number of carbonyl (C=O) groups is 1. The van der Waals surface area contributed by atoms with Crippen molar-refractivity contribution in [2.24, 2.45) is 5.14 Å². The van der Waals surface area contributed by atoms with Gasteiger partial charge in [-0.15, -0.1) is 0 Å². The fourth-order valence-corrected chi connectivity index (χ4v) is 2.12. The quantitative estimate of drug-likeness (QED) is 0.861. The molecule has 0 bridgehead atoms. The lowest BCUT2D eigenvalue weighted by atomic mass is 10.1. The second-order valence-electron chi connectivity index (χ2n) is 4.30. The molecular weight excluding hydrogens is 299 g/mol. The average Bonchev–Trinajstić information content (AvgIpc) is 2.90. The minimum Gasteiger partial charge on any atom is -0.438 e. The van der Waals surface area contributed by atoms with Gasteiger partial charge in [-0.2, -0.15) is 0 Å². The molecule has 21 heavy (non-hydrogen) atoms. The third-order valence-corrected chi connectivity index (χ3v) is 3.48. The zero-order valence-electron chi connectivity index (χ0n) is 10.9. The van der Waals surface area contributed by atoms with Gasteiger partial charge in [-0.25, -0.2) is 17.9 Å². The predicted molar refractivity (Wildman–Crippen MR) is 72.5 cm³/mol. The first-order valence-electron chi connectivity index (χ1n) is 6.01. The van der Waals surface area contributed by atoms with Crippen LogP contribution in [0.1, 0.15) is 16.1 Å². The monoisotopic (exact) mass is 312 g/mol. The summed E-state index contributed by atoms with van der Waals surface area (Å²) in [5.74, 6) is -1.01. The summed E-state index contributed by atoms with van der Waals surface area (Å²) < 4.78 is 39.6. The maximum absolute atomic E-state index is 12.7. The summed E-state index contributed by atoms with van der Waals surface area (Å²) in [6, 6.07) is 8.25. The van der Waals surface area contributed by atoms with Gasteiger partial charge in [-0.3, -0.25) is 4.79 Å². The van der Waals surface area contributed by atoms with Crippen LogP contribution in [0.5, 0.6) is 0 Å². The summed E-state index contributed by atoms with van der Waals surface area (Å²) in [6.45, 7) is 0.301. The second kappa shape index (κ2) is 6.06. The summed E-state index contributed by atoms with van der Waals surface area (Å²) >= 11 is 0. The van der Waals surface area contributed by atoms with Crippen LogP contribution in [0.25, 0.3) is 0 Å². The number of nitrogens with one attached hydrogen (secondary N) is 1. The van der Waals surface area contributed by atoms with Crippen LogP contribution in [0.3, 0.4) is 0 Å². The SMILES string of the molecule is NS(=O)(=O)c1ccc(C(=O)NCCc2ccc(F)cc2)o1. The summed E-state index contributed by atoms with van der Waals surface area (Å²) in [7, 11) is -3.97. The Bertz CT molecular complexity index is 738. The molecule has 112 valence electrons. The lowest BCUT2D eigenvalue weighted by Crippen LogP contribution is -2.25. The van der Waals surface area contributed by atoms with E-state index in [1.54, 1.807) is 12.1 Å².